The molecule has 0 atom stereocenters. The molecule has 22 heavy (non-hydrogen) atoms. The van der Waals surface area contributed by atoms with Crippen LogP contribution in [0.1, 0.15) is 118 Å². The van der Waals surface area contributed by atoms with Crippen molar-refractivity contribution >= 4 is 0 Å². The summed E-state index contributed by atoms with van der Waals surface area (Å²) in [5, 5.41) is 22.0. The lowest BCUT2D eigenvalue weighted by Crippen LogP contribution is -2.35. The zero-order valence-electron chi connectivity index (χ0n) is 15.8. The molecule has 0 aromatic carbocycles. The lowest BCUT2D eigenvalue weighted by Gasteiger charge is -2.34. The first kappa shape index (κ1) is 21.9. The van der Waals surface area contributed by atoms with E-state index in [9.17, 15) is 10.2 Å². The molecule has 0 radical (unpaired) electrons. The van der Waals surface area contributed by atoms with E-state index in [0.717, 1.165) is 89.9 Å². The summed E-state index contributed by atoms with van der Waals surface area (Å²) in [5.74, 6) is 0. The van der Waals surface area contributed by atoms with Crippen LogP contribution in [0.4, 0.5) is 0 Å². The predicted molar refractivity (Wildman–Crippen MR) is 97.2 cm³/mol. The molecule has 0 bridgehead atoms. The minimum Gasteiger partial charge on any atom is -0.390 e. The van der Waals surface area contributed by atoms with Gasteiger partial charge in [-0.05, 0) is 38.5 Å². The second-order valence-corrected chi connectivity index (χ2v) is 7.36. The molecule has 0 saturated heterocycles. The molecule has 0 aliphatic carbocycles. The van der Waals surface area contributed by atoms with E-state index in [1.54, 1.807) is 0 Å². The smallest absolute Gasteiger partial charge is 0.0648 e. The fraction of sp³-hybridized carbons (Fsp3) is 1.00. The van der Waals surface area contributed by atoms with E-state index in [4.69, 9.17) is 0 Å². The summed E-state index contributed by atoms with van der Waals surface area (Å²) >= 11 is 0. The Morgan fingerprint density at radius 1 is 0.455 bits per heavy atom. The Bertz CT molecular complexity index is 208. The summed E-state index contributed by atoms with van der Waals surface area (Å²) in [4.78, 5) is 0. The summed E-state index contributed by atoms with van der Waals surface area (Å²) in [5.41, 5.74) is -1.11. The van der Waals surface area contributed by atoms with E-state index >= 15 is 0 Å². The summed E-state index contributed by atoms with van der Waals surface area (Å²) in [6.07, 6.45) is 13.9. The molecule has 2 nitrogen and oxygen atoms in total. The molecule has 0 aromatic rings. The highest BCUT2D eigenvalue weighted by atomic mass is 16.3. The van der Waals surface area contributed by atoms with Crippen LogP contribution in [0.2, 0.25) is 0 Å². The Kier molecular flexibility index (Phi) is 12.3. The second-order valence-electron chi connectivity index (χ2n) is 7.36. The van der Waals surface area contributed by atoms with Crippen molar-refractivity contribution in [1.82, 2.24) is 0 Å². The van der Waals surface area contributed by atoms with Crippen LogP contribution >= 0.6 is 0 Å². The number of hydrogen-bond acceptors (Lipinski definition) is 2. The number of rotatable bonds is 15. The van der Waals surface area contributed by atoms with Gasteiger partial charge in [0.1, 0.15) is 0 Å². The van der Waals surface area contributed by atoms with E-state index in [2.05, 4.69) is 27.7 Å². The molecule has 0 aromatic heterocycles. The highest BCUT2D eigenvalue weighted by Crippen LogP contribution is 2.33. The van der Waals surface area contributed by atoms with Gasteiger partial charge in [-0.15, -0.1) is 0 Å². The van der Waals surface area contributed by atoms with Gasteiger partial charge in [0.15, 0.2) is 0 Å². The minimum atomic E-state index is -0.557. The van der Waals surface area contributed by atoms with Crippen LogP contribution in [0.15, 0.2) is 0 Å². The molecular formula is C20H42O2. The molecule has 2 N–H and O–H groups in total. The molecule has 0 heterocycles. The molecule has 0 unspecified atom stereocenters. The third kappa shape index (κ3) is 9.84. The summed E-state index contributed by atoms with van der Waals surface area (Å²) in [6.45, 7) is 8.72. The average molecular weight is 315 g/mol. The number of unbranched alkanes of at least 4 members (excludes halogenated alkanes) is 4. The molecule has 0 aliphatic heterocycles. The lowest BCUT2D eigenvalue weighted by molar-refractivity contribution is -0.0405. The Balaban J connectivity index is 4.62. The summed E-state index contributed by atoms with van der Waals surface area (Å²) in [6, 6.07) is 0. The van der Waals surface area contributed by atoms with Gasteiger partial charge in [-0.1, -0.05) is 79.1 Å². The molecule has 134 valence electrons. The van der Waals surface area contributed by atoms with Gasteiger partial charge < -0.3 is 10.2 Å². The Labute approximate surface area is 139 Å². The van der Waals surface area contributed by atoms with Crippen molar-refractivity contribution in [2.24, 2.45) is 0 Å². The van der Waals surface area contributed by atoms with Crippen molar-refractivity contribution < 1.29 is 10.2 Å². The topological polar surface area (TPSA) is 40.5 Å². The van der Waals surface area contributed by atoms with Gasteiger partial charge in [-0.25, -0.2) is 0 Å². The largest absolute Gasteiger partial charge is 0.390 e. The zero-order valence-corrected chi connectivity index (χ0v) is 15.8. The monoisotopic (exact) mass is 314 g/mol. The van der Waals surface area contributed by atoms with Crippen molar-refractivity contribution in [2.45, 2.75) is 129 Å². The average Bonchev–Trinajstić information content (AvgIpc) is 2.53. The van der Waals surface area contributed by atoms with Gasteiger partial charge in [0.2, 0.25) is 0 Å². The number of aliphatic hydroxyl groups is 2. The number of hydrogen-bond donors (Lipinski definition) is 2. The Morgan fingerprint density at radius 3 is 0.864 bits per heavy atom. The zero-order chi connectivity index (χ0) is 16.9. The maximum atomic E-state index is 11.0. The van der Waals surface area contributed by atoms with E-state index in [1.165, 1.54) is 0 Å². The fourth-order valence-corrected chi connectivity index (χ4v) is 3.24. The molecule has 0 rings (SSSR count). The van der Waals surface area contributed by atoms with Crippen molar-refractivity contribution in [1.29, 1.82) is 0 Å². The maximum Gasteiger partial charge on any atom is 0.0648 e. The molecule has 0 aliphatic rings. The fourth-order valence-electron chi connectivity index (χ4n) is 3.24. The van der Waals surface area contributed by atoms with Crippen LogP contribution in [0.3, 0.4) is 0 Å². The minimum absolute atomic E-state index is 0.557. The lowest BCUT2D eigenvalue weighted by atomic mass is 9.79. The maximum absolute atomic E-state index is 11.0. The van der Waals surface area contributed by atoms with E-state index < -0.39 is 11.2 Å². The van der Waals surface area contributed by atoms with Gasteiger partial charge in [0, 0.05) is 0 Å². The molecular weight excluding hydrogens is 272 g/mol. The quantitative estimate of drug-likeness (QED) is 0.390. The van der Waals surface area contributed by atoms with Crippen molar-refractivity contribution in [3.8, 4) is 0 Å². The van der Waals surface area contributed by atoms with Crippen LogP contribution in [0, 0.1) is 0 Å². The van der Waals surface area contributed by atoms with Gasteiger partial charge in [-0.2, -0.15) is 0 Å². The van der Waals surface area contributed by atoms with Crippen molar-refractivity contribution in [3.05, 3.63) is 0 Å². The van der Waals surface area contributed by atoms with Crippen molar-refractivity contribution in [2.75, 3.05) is 0 Å². The Hall–Kier alpha value is -0.0800. The first-order chi connectivity index (χ1) is 10.4. The molecule has 0 amide bonds. The van der Waals surface area contributed by atoms with Crippen molar-refractivity contribution in [3.63, 3.8) is 0 Å². The van der Waals surface area contributed by atoms with E-state index in [0.29, 0.717) is 0 Å². The van der Waals surface area contributed by atoms with Gasteiger partial charge in [-0.3, -0.25) is 0 Å². The SMILES string of the molecule is CCCCC(O)(CCCC)CCC(O)(CCCC)CCCC. The van der Waals surface area contributed by atoms with Gasteiger partial charge in [0.05, 0.1) is 11.2 Å². The highest BCUT2D eigenvalue weighted by Gasteiger charge is 2.32. The van der Waals surface area contributed by atoms with Crippen LogP contribution in [0.5, 0.6) is 0 Å². The molecule has 0 fully saturated rings. The first-order valence-corrected chi connectivity index (χ1v) is 9.90. The third-order valence-corrected chi connectivity index (χ3v) is 5.04. The van der Waals surface area contributed by atoms with E-state index in [1.807, 2.05) is 0 Å². The Morgan fingerprint density at radius 2 is 0.682 bits per heavy atom. The first-order valence-electron chi connectivity index (χ1n) is 9.90. The van der Waals surface area contributed by atoms with E-state index in [-0.39, 0.29) is 0 Å². The third-order valence-electron chi connectivity index (χ3n) is 5.04. The molecule has 0 saturated carbocycles. The van der Waals surface area contributed by atoms with Gasteiger partial charge >= 0.3 is 0 Å². The van der Waals surface area contributed by atoms with Crippen LogP contribution < -0.4 is 0 Å². The second kappa shape index (κ2) is 12.4. The van der Waals surface area contributed by atoms with Crippen LogP contribution in [-0.4, -0.2) is 21.4 Å². The van der Waals surface area contributed by atoms with Gasteiger partial charge in [0.25, 0.3) is 0 Å². The van der Waals surface area contributed by atoms with Crippen LogP contribution in [0.25, 0.3) is 0 Å². The summed E-state index contributed by atoms with van der Waals surface area (Å²) in [7, 11) is 0. The highest BCUT2D eigenvalue weighted by molar-refractivity contribution is 4.85. The summed E-state index contributed by atoms with van der Waals surface area (Å²) < 4.78 is 0. The molecule has 0 spiro atoms. The normalized spacial score (nSPS) is 12.8. The predicted octanol–water partition coefficient (Wildman–Crippen LogP) is 5.99. The van der Waals surface area contributed by atoms with Crippen LogP contribution in [-0.2, 0) is 0 Å². The standard InChI is InChI=1S/C20H42O2/c1-5-9-13-19(21,14-10-6-2)17-18-20(22,15-11-7-3)16-12-8-4/h21-22H,5-18H2,1-4H3. The molecule has 2 heteroatoms.